The van der Waals surface area contributed by atoms with Crippen molar-refractivity contribution in [2.75, 3.05) is 30.4 Å². The summed E-state index contributed by atoms with van der Waals surface area (Å²) >= 11 is 1.66. The van der Waals surface area contributed by atoms with E-state index in [-0.39, 0.29) is 36.4 Å². The lowest BCUT2D eigenvalue weighted by atomic mass is 10.1. The summed E-state index contributed by atoms with van der Waals surface area (Å²) in [6.07, 6.45) is 2.69. The number of rotatable bonds is 6. The molecular weight excluding hydrogens is 374 g/mol. The Balaban J connectivity index is 0.00000338. The number of carbonyl (C=O) groups is 2. The standard InChI is InChI=1S/C18H27N3O3S.ClH/c1-12-10-21(11-13(2)24-12)18(23)14-4-6-15(7-5-14)20-17(22)16(19)8-9-25-3;/h4-7,12-13,16H,8-11,19H2,1-3H3,(H,20,22);1H/t12?,13?,16-;/m0./s1. The van der Waals surface area contributed by atoms with Gasteiger partial charge in [0.2, 0.25) is 5.91 Å². The maximum Gasteiger partial charge on any atom is 0.254 e. The van der Waals surface area contributed by atoms with Crippen molar-refractivity contribution < 1.29 is 14.3 Å². The van der Waals surface area contributed by atoms with Gasteiger partial charge in [-0.2, -0.15) is 11.8 Å². The van der Waals surface area contributed by atoms with Gasteiger partial charge < -0.3 is 20.7 Å². The molecule has 2 unspecified atom stereocenters. The van der Waals surface area contributed by atoms with Gasteiger partial charge in [-0.05, 0) is 56.5 Å². The molecule has 3 N–H and O–H groups in total. The van der Waals surface area contributed by atoms with Gasteiger partial charge in [-0.25, -0.2) is 0 Å². The Hall–Kier alpha value is -1.28. The molecule has 0 saturated carbocycles. The largest absolute Gasteiger partial charge is 0.372 e. The molecule has 8 heteroatoms. The first-order valence-corrected chi connectivity index (χ1v) is 9.90. The molecule has 6 nitrogen and oxygen atoms in total. The van der Waals surface area contributed by atoms with Gasteiger partial charge >= 0.3 is 0 Å². The normalized spacial score (nSPS) is 20.8. The number of carbonyl (C=O) groups excluding carboxylic acids is 2. The number of benzene rings is 1. The topological polar surface area (TPSA) is 84.7 Å². The second kappa shape index (κ2) is 10.8. The van der Waals surface area contributed by atoms with Crippen LogP contribution in [0.25, 0.3) is 0 Å². The first kappa shape index (κ1) is 22.8. The Kier molecular flexibility index (Phi) is 9.43. The van der Waals surface area contributed by atoms with Crippen LogP contribution in [0.1, 0.15) is 30.6 Å². The third-order valence-electron chi connectivity index (χ3n) is 4.08. The molecule has 1 aromatic rings. The third-order valence-corrected chi connectivity index (χ3v) is 4.72. The van der Waals surface area contributed by atoms with E-state index < -0.39 is 6.04 Å². The summed E-state index contributed by atoms with van der Waals surface area (Å²) in [6, 6.07) is 6.41. The molecular formula is C18H28ClN3O3S. The SMILES string of the molecule is CSCC[C@H](N)C(=O)Nc1ccc(C(=O)N2CC(C)OC(C)C2)cc1.Cl. The van der Waals surface area contributed by atoms with E-state index >= 15 is 0 Å². The smallest absolute Gasteiger partial charge is 0.254 e. The van der Waals surface area contributed by atoms with E-state index in [0.717, 1.165) is 5.75 Å². The van der Waals surface area contributed by atoms with E-state index in [9.17, 15) is 9.59 Å². The molecule has 1 aromatic carbocycles. The number of amides is 2. The van der Waals surface area contributed by atoms with Crippen LogP contribution in [-0.4, -0.2) is 60.1 Å². The van der Waals surface area contributed by atoms with Crippen LogP contribution in [0.15, 0.2) is 24.3 Å². The van der Waals surface area contributed by atoms with E-state index in [1.165, 1.54) is 0 Å². The maximum atomic E-state index is 12.6. The summed E-state index contributed by atoms with van der Waals surface area (Å²) in [7, 11) is 0. The number of hydrogen-bond acceptors (Lipinski definition) is 5. The number of halogens is 1. The molecule has 1 aliphatic heterocycles. The van der Waals surface area contributed by atoms with Gasteiger partial charge in [-0.1, -0.05) is 0 Å². The zero-order valence-electron chi connectivity index (χ0n) is 15.4. The Labute approximate surface area is 165 Å². The van der Waals surface area contributed by atoms with Gasteiger partial charge in [0, 0.05) is 24.3 Å². The Morgan fingerprint density at radius 2 is 1.85 bits per heavy atom. The lowest BCUT2D eigenvalue weighted by molar-refractivity contribution is -0.117. The van der Waals surface area contributed by atoms with Crippen molar-refractivity contribution in [1.29, 1.82) is 0 Å². The fourth-order valence-electron chi connectivity index (χ4n) is 2.83. The van der Waals surface area contributed by atoms with Crippen LogP contribution in [0, 0.1) is 0 Å². The van der Waals surface area contributed by atoms with Crippen molar-refractivity contribution in [3.8, 4) is 0 Å². The van der Waals surface area contributed by atoms with Crippen molar-refractivity contribution in [3.63, 3.8) is 0 Å². The van der Waals surface area contributed by atoms with Gasteiger partial charge in [0.05, 0.1) is 18.2 Å². The molecule has 146 valence electrons. The molecule has 0 aromatic heterocycles. The molecule has 0 bridgehead atoms. The van der Waals surface area contributed by atoms with E-state index in [1.54, 1.807) is 36.0 Å². The predicted octanol–water partition coefficient (Wildman–Crippen LogP) is 2.38. The minimum Gasteiger partial charge on any atom is -0.372 e. The van der Waals surface area contributed by atoms with Crippen LogP contribution >= 0.6 is 24.2 Å². The average molecular weight is 402 g/mol. The van der Waals surface area contributed by atoms with Gasteiger partial charge in [0.25, 0.3) is 5.91 Å². The minimum absolute atomic E-state index is 0. The summed E-state index contributed by atoms with van der Waals surface area (Å²) in [5.74, 6) is 0.624. The number of anilines is 1. The van der Waals surface area contributed by atoms with Crippen LogP contribution in [0.5, 0.6) is 0 Å². The molecule has 0 spiro atoms. The number of thioether (sulfide) groups is 1. The summed E-state index contributed by atoms with van der Waals surface area (Å²) in [6.45, 7) is 5.11. The Morgan fingerprint density at radius 3 is 2.38 bits per heavy atom. The maximum absolute atomic E-state index is 12.6. The van der Waals surface area contributed by atoms with Crippen LogP contribution in [0.3, 0.4) is 0 Å². The number of nitrogens with two attached hydrogens (primary N) is 1. The summed E-state index contributed by atoms with van der Waals surface area (Å²) in [5.41, 5.74) is 7.10. The molecule has 1 fully saturated rings. The molecule has 2 rings (SSSR count). The second-order valence-electron chi connectivity index (χ2n) is 6.42. The quantitative estimate of drug-likeness (QED) is 0.764. The number of hydrogen-bond donors (Lipinski definition) is 2. The molecule has 0 radical (unpaired) electrons. The molecule has 1 heterocycles. The minimum atomic E-state index is -0.523. The van der Waals surface area contributed by atoms with Crippen molar-refractivity contribution in [3.05, 3.63) is 29.8 Å². The van der Waals surface area contributed by atoms with Gasteiger partial charge in [0.1, 0.15) is 0 Å². The number of morpholine rings is 1. The first-order chi connectivity index (χ1) is 11.9. The van der Waals surface area contributed by atoms with E-state index in [0.29, 0.717) is 30.8 Å². The number of nitrogens with zero attached hydrogens (tertiary/aromatic N) is 1. The van der Waals surface area contributed by atoms with Crippen molar-refractivity contribution in [1.82, 2.24) is 4.90 Å². The fourth-order valence-corrected chi connectivity index (χ4v) is 3.32. The lowest BCUT2D eigenvalue weighted by Crippen LogP contribution is -2.48. The molecule has 0 aliphatic carbocycles. The highest BCUT2D eigenvalue weighted by molar-refractivity contribution is 7.98. The van der Waals surface area contributed by atoms with Crippen LogP contribution in [0.2, 0.25) is 0 Å². The van der Waals surface area contributed by atoms with Gasteiger partial charge in [0.15, 0.2) is 0 Å². The predicted molar refractivity (Wildman–Crippen MR) is 109 cm³/mol. The van der Waals surface area contributed by atoms with Crippen molar-refractivity contribution >= 4 is 41.7 Å². The zero-order valence-corrected chi connectivity index (χ0v) is 17.1. The molecule has 3 atom stereocenters. The highest BCUT2D eigenvalue weighted by Crippen LogP contribution is 2.16. The number of nitrogens with one attached hydrogen (secondary N) is 1. The van der Waals surface area contributed by atoms with Crippen LogP contribution < -0.4 is 11.1 Å². The molecule has 1 aliphatic rings. The lowest BCUT2D eigenvalue weighted by Gasteiger charge is -2.35. The average Bonchev–Trinajstić information content (AvgIpc) is 2.58. The number of ether oxygens (including phenoxy) is 1. The summed E-state index contributed by atoms with van der Waals surface area (Å²) < 4.78 is 5.66. The van der Waals surface area contributed by atoms with Crippen molar-refractivity contribution in [2.24, 2.45) is 5.73 Å². The zero-order chi connectivity index (χ0) is 18.4. The summed E-state index contributed by atoms with van der Waals surface area (Å²) in [5, 5.41) is 2.79. The third kappa shape index (κ3) is 6.46. The van der Waals surface area contributed by atoms with E-state index in [4.69, 9.17) is 10.5 Å². The summed E-state index contributed by atoms with van der Waals surface area (Å²) in [4.78, 5) is 26.4. The van der Waals surface area contributed by atoms with E-state index in [2.05, 4.69) is 5.32 Å². The molecule has 1 saturated heterocycles. The van der Waals surface area contributed by atoms with Crippen LogP contribution in [-0.2, 0) is 9.53 Å². The van der Waals surface area contributed by atoms with Crippen molar-refractivity contribution in [2.45, 2.75) is 38.5 Å². The molecule has 26 heavy (non-hydrogen) atoms. The van der Waals surface area contributed by atoms with E-state index in [1.807, 2.05) is 25.0 Å². The van der Waals surface area contributed by atoms with Gasteiger partial charge in [-0.15, -0.1) is 12.4 Å². The first-order valence-electron chi connectivity index (χ1n) is 8.51. The molecule has 2 amide bonds. The fraction of sp³-hybridized carbons (Fsp3) is 0.556. The Bertz CT molecular complexity index is 590. The second-order valence-corrected chi connectivity index (χ2v) is 7.41. The highest BCUT2D eigenvalue weighted by Gasteiger charge is 2.26. The van der Waals surface area contributed by atoms with Gasteiger partial charge in [-0.3, -0.25) is 9.59 Å². The highest BCUT2D eigenvalue weighted by atomic mass is 35.5. The monoisotopic (exact) mass is 401 g/mol. The van der Waals surface area contributed by atoms with Crippen LogP contribution in [0.4, 0.5) is 5.69 Å². The Morgan fingerprint density at radius 1 is 1.27 bits per heavy atom.